The molecule has 29 heavy (non-hydrogen) atoms. The van der Waals surface area contributed by atoms with Gasteiger partial charge in [-0.05, 0) is 43.3 Å². The number of nitrogens with one attached hydrogen (secondary N) is 1. The minimum absolute atomic E-state index is 0.0321. The number of carbonyl (C=O) groups is 1. The third kappa shape index (κ3) is 3.33. The minimum atomic E-state index is -0.120. The lowest BCUT2D eigenvalue weighted by molar-refractivity contribution is 0.0906. The van der Waals surface area contributed by atoms with E-state index in [9.17, 15) is 4.79 Å². The highest BCUT2D eigenvalue weighted by molar-refractivity contribution is 7.13. The molecule has 2 atom stereocenters. The van der Waals surface area contributed by atoms with Crippen molar-refractivity contribution in [1.29, 1.82) is 0 Å². The predicted molar refractivity (Wildman–Crippen MR) is 111 cm³/mol. The molecule has 0 radical (unpaired) electrons. The van der Waals surface area contributed by atoms with Crippen molar-refractivity contribution in [2.45, 2.75) is 44.7 Å². The van der Waals surface area contributed by atoms with Crippen LogP contribution in [0.25, 0.3) is 21.7 Å². The maximum Gasteiger partial charge on any atom is 0.259 e. The molecule has 4 aromatic heterocycles. The van der Waals surface area contributed by atoms with Crippen molar-refractivity contribution in [3.8, 4) is 10.6 Å². The van der Waals surface area contributed by atoms with Crippen molar-refractivity contribution in [3.63, 3.8) is 0 Å². The zero-order valence-corrected chi connectivity index (χ0v) is 16.9. The summed E-state index contributed by atoms with van der Waals surface area (Å²) in [4.78, 5) is 18.9. The number of nitrogens with zero attached hydrogens (tertiary/aromatic N) is 4. The van der Waals surface area contributed by atoms with E-state index in [4.69, 9.17) is 4.52 Å². The molecular formula is C21H21N5O2S. The molecule has 8 heteroatoms. The van der Waals surface area contributed by atoms with Crippen molar-refractivity contribution < 1.29 is 9.32 Å². The second-order valence-corrected chi connectivity index (χ2v) is 8.35. The molecule has 1 amide bonds. The Morgan fingerprint density at radius 2 is 2.21 bits per heavy atom. The Balaban J connectivity index is 1.51. The topological polar surface area (TPSA) is 85.8 Å². The molecule has 1 saturated carbocycles. The molecule has 1 aliphatic rings. The molecule has 0 bridgehead atoms. The van der Waals surface area contributed by atoms with Crippen molar-refractivity contribution in [3.05, 3.63) is 53.3 Å². The van der Waals surface area contributed by atoms with Gasteiger partial charge in [0.05, 0.1) is 39.3 Å². The van der Waals surface area contributed by atoms with Crippen molar-refractivity contribution >= 4 is 28.3 Å². The molecule has 1 N–H and O–H groups in total. The highest BCUT2D eigenvalue weighted by Gasteiger charge is 2.30. The third-order valence-corrected chi connectivity index (χ3v) is 6.44. The van der Waals surface area contributed by atoms with Gasteiger partial charge in [-0.2, -0.15) is 5.10 Å². The van der Waals surface area contributed by atoms with Crippen LogP contribution in [0.2, 0.25) is 0 Å². The number of amides is 1. The van der Waals surface area contributed by atoms with Gasteiger partial charge in [-0.15, -0.1) is 11.3 Å². The van der Waals surface area contributed by atoms with Gasteiger partial charge >= 0.3 is 0 Å². The lowest BCUT2D eigenvalue weighted by atomic mass is 9.90. The van der Waals surface area contributed by atoms with Gasteiger partial charge in [-0.3, -0.25) is 9.48 Å². The van der Waals surface area contributed by atoms with Crippen LogP contribution in [0.3, 0.4) is 0 Å². The summed E-state index contributed by atoms with van der Waals surface area (Å²) in [6.45, 7) is 1.84. The summed E-state index contributed by atoms with van der Waals surface area (Å²) in [7, 11) is 0. The highest BCUT2D eigenvalue weighted by Crippen LogP contribution is 2.31. The van der Waals surface area contributed by atoms with Crippen molar-refractivity contribution in [2.75, 3.05) is 0 Å². The molecule has 4 heterocycles. The van der Waals surface area contributed by atoms with Crippen LogP contribution >= 0.6 is 11.3 Å². The molecule has 2 unspecified atom stereocenters. The predicted octanol–water partition coefficient (Wildman–Crippen LogP) is 4.37. The maximum atomic E-state index is 13.4. The SMILES string of the molecule is Cc1noc2nc(-c3cccs3)cc(C(=O)NC3CCCCC3n3cccn3)c12. The van der Waals surface area contributed by atoms with E-state index in [1.165, 1.54) is 0 Å². The summed E-state index contributed by atoms with van der Waals surface area (Å²) in [5.74, 6) is -0.120. The van der Waals surface area contributed by atoms with Gasteiger partial charge in [0.15, 0.2) is 0 Å². The Hall–Kier alpha value is -3.00. The monoisotopic (exact) mass is 407 g/mol. The van der Waals surface area contributed by atoms with Gasteiger partial charge < -0.3 is 9.84 Å². The number of aryl methyl sites for hydroxylation is 1. The van der Waals surface area contributed by atoms with Crippen LogP contribution in [-0.4, -0.2) is 31.9 Å². The number of carbonyl (C=O) groups excluding carboxylic acids is 1. The minimum Gasteiger partial charge on any atom is -0.347 e. The fourth-order valence-corrected chi connectivity index (χ4v) is 4.83. The summed E-state index contributed by atoms with van der Waals surface area (Å²) < 4.78 is 7.36. The number of thiophene rings is 1. The Labute approximate surface area is 171 Å². The second kappa shape index (κ2) is 7.44. The van der Waals surface area contributed by atoms with Gasteiger partial charge in [0.1, 0.15) is 0 Å². The van der Waals surface area contributed by atoms with E-state index in [1.807, 2.05) is 47.4 Å². The first-order chi connectivity index (χ1) is 14.2. The molecule has 1 fully saturated rings. The molecular weight excluding hydrogens is 386 g/mol. The van der Waals surface area contributed by atoms with Crippen LogP contribution in [-0.2, 0) is 0 Å². The Kier molecular flexibility index (Phi) is 4.63. The van der Waals surface area contributed by atoms with Crippen LogP contribution in [0.15, 0.2) is 46.6 Å². The van der Waals surface area contributed by atoms with Crippen LogP contribution < -0.4 is 5.32 Å². The van der Waals surface area contributed by atoms with Crippen LogP contribution in [0, 0.1) is 6.92 Å². The van der Waals surface area contributed by atoms with Crippen LogP contribution in [0.4, 0.5) is 0 Å². The molecule has 4 aromatic rings. The Bertz CT molecular complexity index is 1130. The first-order valence-corrected chi connectivity index (χ1v) is 10.7. The fraction of sp³-hybridized carbons (Fsp3) is 0.333. The number of pyridine rings is 1. The summed E-state index contributed by atoms with van der Waals surface area (Å²) in [5, 5.41) is 14.4. The van der Waals surface area contributed by atoms with Gasteiger partial charge in [-0.1, -0.05) is 24.1 Å². The molecule has 0 saturated heterocycles. The van der Waals surface area contributed by atoms with Crippen LogP contribution in [0.5, 0.6) is 0 Å². The van der Waals surface area contributed by atoms with E-state index in [0.29, 0.717) is 22.4 Å². The van der Waals surface area contributed by atoms with E-state index in [-0.39, 0.29) is 18.0 Å². The lowest BCUT2D eigenvalue weighted by Gasteiger charge is -2.32. The molecule has 7 nitrogen and oxygen atoms in total. The Morgan fingerprint density at radius 1 is 1.31 bits per heavy atom. The number of aromatic nitrogens is 4. The average Bonchev–Trinajstić information content (AvgIpc) is 3.50. The normalized spacial score (nSPS) is 19.5. The quantitative estimate of drug-likeness (QED) is 0.543. The van der Waals surface area contributed by atoms with E-state index < -0.39 is 0 Å². The van der Waals surface area contributed by atoms with E-state index in [1.54, 1.807) is 17.5 Å². The summed E-state index contributed by atoms with van der Waals surface area (Å²) >= 11 is 1.58. The smallest absolute Gasteiger partial charge is 0.259 e. The summed E-state index contributed by atoms with van der Waals surface area (Å²) in [5.41, 5.74) is 2.34. The van der Waals surface area contributed by atoms with Gasteiger partial charge in [-0.25, -0.2) is 4.98 Å². The second-order valence-electron chi connectivity index (χ2n) is 7.40. The largest absolute Gasteiger partial charge is 0.347 e. The number of fused-ring (bicyclic) bond motifs is 1. The summed E-state index contributed by atoms with van der Waals surface area (Å²) in [6, 6.07) is 7.92. The molecule has 0 spiro atoms. The first-order valence-electron chi connectivity index (χ1n) is 9.81. The standard InChI is InChI=1S/C21H21N5O2S/c1-13-19-14(12-16(18-8-4-11-29-18)24-21(19)28-25-13)20(27)23-15-6-2-3-7-17(15)26-10-5-9-22-26/h4-5,8-12,15,17H,2-3,6-7H2,1H3,(H,23,27). The number of rotatable bonds is 4. The zero-order valence-electron chi connectivity index (χ0n) is 16.0. The highest BCUT2D eigenvalue weighted by atomic mass is 32.1. The molecule has 0 aromatic carbocycles. The number of hydrogen-bond acceptors (Lipinski definition) is 6. The molecule has 148 valence electrons. The first kappa shape index (κ1) is 18.1. The van der Waals surface area contributed by atoms with E-state index in [0.717, 1.165) is 36.3 Å². The number of hydrogen-bond donors (Lipinski definition) is 1. The molecule has 1 aliphatic carbocycles. The Morgan fingerprint density at radius 3 is 3.00 bits per heavy atom. The van der Waals surface area contributed by atoms with Crippen LogP contribution in [0.1, 0.15) is 47.8 Å². The van der Waals surface area contributed by atoms with E-state index in [2.05, 4.69) is 20.6 Å². The maximum absolute atomic E-state index is 13.4. The van der Waals surface area contributed by atoms with Crippen molar-refractivity contribution in [1.82, 2.24) is 25.2 Å². The van der Waals surface area contributed by atoms with Gasteiger partial charge in [0, 0.05) is 12.4 Å². The molecule has 0 aliphatic heterocycles. The van der Waals surface area contributed by atoms with Gasteiger partial charge in [0.25, 0.3) is 11.6 Å². The lowest BCUT2D eigenvalue weighted by Crippen LogP contribution is -2.43. The average molecular weight is 407 g/mol. The zero-order chi connectivity index (χ0) is 19.8. The fourth-order valence-electron chi connectivity index (χ4n) is 4.14. The van der Waals surface area contributed by atoms with E-state index >= 15 is 0 Å². The van der Waals surface area contributed by atoms with Crippen molar-refractivity contribution in [2.24, 2.45) is 0 Å². The van der Waals surface area contributed by atoms with Gasteiger partial charge in [0.2, 0.25) is 0 Å². The molecule has 5 rings (SSSR count). The summed E-state index contributed by atoms with van der Waals surface area (Å²) in [6.07, 6.45) is 7.94. The third-order valence-electron chi connectivity index (χ3n) is 5.55.